The molecular formula is C16H12FN5O3. The summed E-state index contributed by atoms with van der Waals surface area (Å²) in [5, 5.41) is 10.0. The topological polar surface area (TPSA) is 99.0 Å². The molecule has 0 atom stereocenters. The van der Waals surface area contributed by atoms with Crippen molar-refractivity contribution in [3.8, 4) is 5.82 Å². The van der Waals surface area contributed by atoms with E-state index in [4.69, 9.17) is 0 Å². The maximum Gasteiger partial charge on any atom is 0.340 e. The lowest BCUT2D eigenvalue weighted by molar-refractivity contribution is 0.0601. The third kappa shape index (κ3) is 3.34. The summed E-state index contributed by atoms with van der Waals surface area (Å²) in [6, 6.07) is 6.80. The monoisotopic (exact) mass is 341 g/mol. The molecule has 3 rings (SSSR count). The molecule has 3 aromatic rings. The fourth-order valence-corrected chi connectivity index (χ4v) is 2.09. The van der Waals surface area contributed by atoms with Crippen LogP contribution in [0, 0.1) is 5.82 Å². The Morgan fingerprint density at radius 3 is 2.68 bits per heavy atom. The Hall–Kier alpha value is -3.62. The van der Waals surface area contributed by atoms with Gasteiger partial charge in [0, 0.05) is 12.4 Å². The number of anilines is 1. The number of halogens is 1. The minimum Gasteiger partial charge on any atom is -0.465 e. The van der Waals surface area contributed by atoms with Gasteiger partial charge in [-0.1, -0.05) is 6.07 Å². The Morgan fingerprint density at radius 2 is 2.04 bits per heavy atom. The second kappa shape index (κ2) is 6.87. The van der Waals surface area contributed by atoms with Crippen LogP contribution in [0.5, 0.6) is 0 Å². The molecule has 0 aliphatic carbocycles. The maximum absolute atomic E-state index is 14.0. The number of para-hydroxylation sites is 1. The van der Waals surface area contributed by atoms with Crippen molar-refractivity contribution in [3.05, 3.63) is 66.1 Å². The number of amides is 1. The van der Waals surface area contributed by atoms with Gasteiger partial charge in [0.1, 0.15) is 12.1 Å². The first-order valence-corrected chi connectivity index (χ1v) is 7.10. The van der Waals surface area contributed by atoms with Gasteiger partial charge in [0.05, 0.1) is 18.4 Å². The summed E-state index contributed by atoms with van der Waals surface area (Å²) in [5.41, 5.74) is -0.415. The van der Waals surface area contributed by atoms with Crippen LogP contribution in [0.2, 0.25) is 0 Å². The van der Waals surface area contributed by atoms with E-state index in [1.165, 1.54) is 31.6 Å². The van der Waals surface area contributed by atoms with E-state index >= 15 is 0 Å². The van der Waals surface area contributed by atoms with Crippen LogP contribution in [0.25, 0.3) is 5.82 Å². The number of imidazole rings is 1. The molecule has 2 aromatic heterocycles. The molecule has 0 aliphatic rings. The molecule has 0 unspecified atom stereocenters. The molecule has 25 heavy (non-hydrogen) atoms. The van der Waals surface area contributed by atoms with Crippen LogP contribution in [0.4, 0.5) is 10.1 Å². The standard InChI is InChI=1S/C16H12FN5O3/c1-25-16(24)10-3-2-4-11(17)14(10)19-15(23)12-5-6-13(21-20-12)22-8-7-18-9-22/h2-9H,1H3,(H,19,23). The van der Waals surface area contributed by atoms with Crippen molar-refractivity contribution in [2.24, 2.45) is 0 Å². The van der Waals surface area contributed by atoms with E-state index in [9.17, 15) is 14.0 Å². The fraction of sp³-hybridized carbons (Fsp3) is 0.0625. The van der Waals surface area contributed by atoms with E-state index in [0.29, 0.717) is 5.82 Å². The highest BCUT2D eigenvalue weighted by molar-refractivity contribution is 6.07. The van der Waals surface area contributed by atoms with Gasteiger partial charge in [0.2, 0.25) is 0 Å². The van der Waals surface area contributed by atoms with Crippen molar-refractivity contribution in [1.29, 1.82) is 0 Å². The van der Waals surface area contributed by atoms with E-state index < -0.39 is 17.7 Å². The Kier molecular flexibility index (Phi) is 4.46. The third-order valence-corrected chi connectivity index (χ3v) is 3.31. The molecule has 0 spiro atoms. The smallest absolute Gasteiger partial charge is 0.340 e. The van der Waals surface area contributed by atoms with Crippen molar-refractivity contribution < 1.29 is 18.7 Å². The number of ether oxygens (including phenoxy) is 1. The van der Waals surface area contributed by atoms with Crippen LogP contribution in [0.3, 0.4) is 0 Å². The molecule has 0 fully saturated rings. The van der Waals surface area contributed by atoms with E-state index in [1.54, 1.807) is 23.0 Å². The van der Waals surface area contributed by atoms with E-state index in [1.807, 2.05) is 0 Å². The number of aromatic nitrogens is 4. The number of hydrogen-bond donors (Lipinski definition) is 1. The maximum atomic E-state index is 14.0. The van der Waals surface area contributed by atoms with Crippen molar-refractivity contribution >= 4 is 17.6 Å². The SMILES string of the molecule is COC(=O)c1cccc(F)c1NC(=O)c1ccc(-n2ccnc2)nn1. The van der Waals surface area contributed by atoms with Gasteiger partial charge in [-0.05, 0) is 24.3 Å². The van der Waals surface area contributed by atoms with Gasteiger partial charge in [-0.15, -0.1) is 10.2 Å². The number of nitrogens with one attached hydrogen (secondary N) is 1. The van der Waals surface area contributed by atoms with Crippen LogP contribution < -0.4 is 5.32 Å². The molecule has 1 N–H and O–H groups in total. The Labute approximate surface area is 141 Å². The number of esters is 1. The molecule has 0 saturated heterocycles. The first-order valence-electron chi connectivity index (χ1n) is 7.10. The van der Waals surface area contributed by atoms with Crippen molar-refractivity contribution in [2.75, 3.05) is 12.4 Å². The summed E-state index contributed by atoms with van der Waals surface area (Å²) in [4.78, 5) is 27.9. The first kappa shape index (κ1) is 16.2. The Balaban J connectivity index is 1.84. The first-order chi connectivity index (χ1) is 12.1. The lowest BCUT2D eigenvalue weighted by Crippen LogP contribution is -2.18. The summed E-state index contributed by atoms with van der Waals surface area (Å²) in [7, 11) is 1.17. The number of rotatable bonds is 4. The predicted molar refractivity (Wildman–Crippen MR) is 84.8 cm³/mol. The normalized spacial score (nSPS) is 10.3. The highest BCUT2D eigenvalue weighted by Gasteiger charge is 2.19. The molecule has 0 bridgehead atoms. The van der Waals surface area contributed by atoms with Crippen LogP contribution in [0.1, 0.15) is 20.8 Å². The van der Waals surface area contributed by atoms with Crippen molar-refractivity contribution in [3.63, 3.8) is 0 Å². The van der Waals surface area contributed by atoms with Crippen LogP contribution in [-0.4, -0.2) is 38.7 Å². The molecule has 0 saturated carbocycles. The van der Waals surface area contributed by atoms with Gasteiger partial charge in [-0.3, -0.25) is 9.36 Å². The molecule has 8 nitrogen and oxygen atoms in total. The zero-order chi connectivity index (χ0) is 17.8. The number of carbonyl (C=O) groups excluding carboxylic acids is 2. The molecule has 9 heteroatoms. The molecule has 0 radical (unpaired) electrons. The quantitative estimate of drug-likeness (QED) is 0.727. The zero-order valence-corrected chi connectivity index (χ0v) is 13.0. The van der Waals surface area contributed by atoms with Gasteiger partial charge in [-0.25, -0.2) is 14.2 Å². The fourth-order valence-electron chi connectivity index (χ4n) is 2.09. The lowest BCUT2D eigenvalue weighted by atomic mass is 10.1. The van der Waals surface area contributed by atoms with Gasteiger partial charge in [-0.2, -0.15) is 0 Å². The summed E-state index contributed by atoms with van der Waals surface area (Å²) in [5.74, 6) is -1.77. The molecule has 0 aliphatic heterocycles. The average molecular weight is 341 g/mol. The number of carbonyl (C=O) groups is 2. The van der Waals surface area contributed by atoms with E-state index in [0.717, 1.165) is 6.07 Å². The molecule has 1 aromatic carbocycles. The summed E-state index contributed by atoms with van der Waals surface area (Å²) in [6.45, 7) is 0. The van der Waals surface area contributed by atoms with Gasteiger partial charge in [0.25, 0.3) is 5.91 Å². The van der Waals surface area contributed by atoms with Crippen LogP contribution >= 0.6 is 0 Å². The second-order valence-electron chi connectivity index (χ2n) is 4.85. The zero-order valence-electron chi connectivity index (χ0n) is 13.0. The molecule has 1 amide bonds. The largest absolute Gasteiger partial charge is 0.465 e. The van der Waals surface area contributed by atoms with E-state index in [2.05, 4.69) is 25.2 Å². The number of methoxy groups -OCH3 is 1. The van der Waals surface area contributed by atoms with Gasteiger partial charge in [0.15, 0.2) is 11.5 Å². The highest BCUT2D eigenvalue weighted by Crippen LogP contribution is 2.21. The number of hydrogen-bond acceptors (Lipinski definition) is 6. The second-order valence-corrected chi connectivity index (χ2v) is 4.85. The summed E-state index contributed by atoms with van der Waals surface area (Å²) < 4.78 is 20.2. The van der Waals surface area contributed by atoms with Crippen molar-refractivity contribution in [1.82, 2.24) is 19.7 Å². The highest BCUT2D eigenvalue weighted by atomic mass is 19.1. The third-order valence-electron chi connectivity index (χ3n) is 3.31. The van der Waals surface area contributed by atoms with E-state index in [-0.39, 0.29) is 16.9 Å². The lowest BCUT2D eigenvalue weighted by Gasteiger charge is -2.10. The van der Waals surface area contributed by atoms with Gasteiger partial charge >= 0.3 is 5.97 Å². The van der Waals surface area contributed by atoms with Crippen LogP contribution in [0.15, 0.2) is 49.1 Å². The summed E-state index contributed by atoms with van der Waals surface area (Å²) in [6.07, 6.45) is 4.78. The number of benzene rings is 1. The average Bonchev–Trinajstić information content (AvgIpc) is 3.17. The molecular weight excluding hydrogens is 329 g/mol. The molecule has 126 valence electrons. The minimum atomic E-state index is -0.767. The number of nitrogens with zero attached hydrogens (tertiary/aromatic N) is 4. The Bertz CT molecular complexity index is 910. The van der Waals surface area contributed by atoms with Crippen LogP contribution in [-0.2, 0) is 4.74 Å². The van der Waals surface area contributed by atoms with Gasteiger partial charge < -0.3 is 10.1 Å². The Morgan fingerprint density at radius 1 is 1.20 bits per heavy atom. The predicted octanol–water partition coefficient (Wildman–Crippen LogP) is 1.84. The summed E-state index contributed by atoms with van der Waals surface area (Å²) >= 11 is 0. The minimum absolute atomic E-state index is 0.0389. The van der Waals surface area contributed by atoms with Crippen molar-refractivity contribution in [2.45, 2.75) is 0 Å². The molecule has 2 heterocycles.